The van der Waals surface area contributed by atoms with E-state index >= 15 is 0 Å². The van der Waals surface area contributed by atoms with E-state index in [1.165, 1.54) is 11.6 Å². The van der Waals surface area contributed by atoms with Crippen LogP contribution in [0.15, 0.2) is 15.7 Å². The van der Waals surface area contributed by atoms with Crippen LogP contribution >= 0.6 is 0 Å². The molecule has 3 rings (SSSR count). The molecule has 10 nitrogen and oxygen atoms in total. The van der Waals surface area contributed by atoms with Crippen LogP contribution in [-0.4, -0.2) is 34.4 Å². The molecular formula is C17H23N7O3. The van der Waals surface area contributed by atoms with Gasteiger partial charge in [-0.2, -0.15) is 10.1 Å². The predicted molar refractivity (Wildman–Crippen MR) is 99.9 cm³/mol. The number of imidazole rings is 1. The standard InChI is InChI=1S/C17H23N7O3/c1-9(2)7-22-13-14(19-16(22)24-11(4)6-10(3)20-24)21(5)17(27)23(15(13)26)8-12(18)25/h6,9H,7-8H2,1-5H3,(H2,18,25). The molecule has 0 fully saturated rings. The van der Waals surface area contributed by atoms with Crippen molar-refractivity contribution in [1.82, 2.24) is 28.5 Å². The average Bonchev–Trinajstić information content (AvgIpc) is 3.08. The van der Waals surface area contributed by atoms with Crippen LogP contribution in [0.2, 0.25) is 0 Å². The lowest BCUT2D eigenvalue weighted by atomic mass is 10.2. The summed E-state index contributed by atoms with van der Waals surface area (Å²) in [5.74, 6) is -0.102. The van der Waals surface area contributed by atoms with Crippen LogP contribution in [0.3, 0.4) is 0 Å². The van der Waals surface area contributed by atoms with Crippen molar-refractivity contribution in [3.63, 3.8) is 0 Å². The molecule has 0 aliphatic heterocycles. The molecule has 0 saturated carbocycles. The highest BCUT2D eigenvalue weighted by Crippen LogP contribution is 2.18. The van der Waals surface area contributed by atoms with Crippen LogP contribution in [0.5, 0.6) is 0 Å². The maximum absolute atomic E-state index is 13.0. The Hall–Kier alpha value is -3.17. The normalized spacial score (nSPS) is 11.6. The molecule has 0 aliphatic carbocycles. The van der Waals surface area contributed by atoms with E-state index in [1.807, 2.05) is 33.8 Å². The number of carbonyl (C=O) groups is 1. The Morgan fingerprint density at radius 1 is 1.22 bits per heavy atom. The first kappa shape index (κ1) is 18.6. The molecule has 0 aromatic carbocycles. The third-order valence-corrected chi connectivity index (χ3v) is 4.27. The van der Waals surface area contributed by atoms with E-state index in [-0.39, 0.29) is 17.1 Å². The van der Waals surface area contributed by atoms with Gasteiger partial charge in [0.2, 0.25) is 11.9 Å². The molecule has 0 saturated heterocycles. The lowest BCUT2D eigenvalue weighted by molar-refractivity contribution is -0.118. The quantitative estimate of drug-likeness (QED) is 0.666. The summed E-state index contributed by atoms with van der Waals surface area (Å²) in [6.45, 7) is 7.80. The van der Waals surface area contributed by atoms with Crippen molar-refractivity contribution in [1.29, 1.82) is 0 Å². The molecule has 3 aromatic heterocycles. The summed E-state index contributed by atoms with van der Waals surface area (Å²) in [7, 11) is 1.51. The third kappa shape index (κ3) is 3.07. The molecule has 3 aromatic rings. The lowest BCUT2D eigenvalue weighted by Crippen LogP contribution is -2.42. The number of fused-ring (bicyclic) bond motifs is 1. The van der Waals surface area contributed by atoms with E-state index in [2.05, 4.69) is 10.1 Å². The molecule has 3 heterocycles. The molecule has 1 amide bonds. The van der Waals surface area contributed by atoms with Crippen molar-refractivity contribution in [2.45, 2.75) is 40.8 Å². The Balaban J connectivity index is 2.45. The Labute approximate surface area is 154 Å². The summed E-state index contributed by atoms with van der Waals surface area (Å²) in [6, 6.07) is 1.91. The van der Waals surface area contributed by atoms with E-state index in [0.29, 0.717) is 12.5 Å². The Kier molecular flexibility index (Phi) is 4.50. The molecule has 27 heavy (non-hydrogen) atoms. The second kappa shape index (κ2) is 6.53. The summed E-state index contributed by atoms with van der Waals surface area (Å²) < 4.78 is 5.50. The highest BCUT2D eigenvalue weighted by atomic mass is 16.2. The Morgan fingerprint density at radius 3 is 2.41 bits per heavy atom. The van der Waals surface area contributed by atoms with E-state index in [4.69, 9.17) is 5.73 Å². The monoisotopic (exact) mass is 373 g/mol. The fourth-order valence-corrected chi connectivity index (χ4v) is 3.19. The number of aryl methyl sites for hydroxylation is 3. The molecule has 0 spiro atoms. The van der Waals surface area contributed by atoms with E-state index in [9.17, 15) is 14.4 Å². The van der Waals surface area contributed by atoms with Crippen LogP contribution in [0, 0.1) is 19.8 Å². The number of nitrogens with two attached hydrogens (primary N) is 1. The SMILES string of the molecule is Cc1cc(C)n(-c2nc3c(c(=O)n(CC(N)=O)c(=O)n3C)n2CC(C)C)n1. The molecule has 0 aliphatic rings. The van der Waals surface area contributed by atoms with Crippen molar-refractivity contribution in [2.24, 2.45) is 18.7 Å². The van der Waals surface area contributed by atoms with Gasteiger partial charge in [-0.25, -0.2) is 14.0 Å². The molecule has 0 unspecified atom stereocenters. The Bertz CT molecular complexity index is 1160. The predicted octanol–water partition coefficient (Wildman–Crippen LogP) is -0.159. The summed E-state index contributed by atoms with van der Waals surface area (Å²) in [5, 5.41) is 4.46. The third-order valence-electron chi connectivity index (χ3n) is 4.27. The summed E-state index contributed by atoms with van der Waals surface area (Å²) in [5.41, 5.74) is 6.14. The molecule has 10 heteroatoms. The zero-order chi connectivity index (χ0) is 20.0. The summed E-state index contributed by atoms with van der Waals surface area (Å²) in [6.07, 6.45) is 0. The smallest absolute Gasteiger partial charge is 0.332 e. The molecular weight excluding hydrogens is 350 g/mol. The van der Waals surface area contributed by atoms with Gasteiger partial charge < -0.3 is 10.3 Å². The van der Waals surface area contributed by atoms with Crippen molar-refractivity contribution >= 4 is 17.1 Å². The van der Waals surface area contributed by atoms with Crippen molar-refractivity contribution < 1.29 is 4.79 Å². The molecule has 0 radical (unpaired) electrons. The van der Waals surface area contributed by atoms with Crippen molar-refractivity contribution in [2.75, 3.05) is 0 Å². The fraction of sp³-hybridized carbons (Fsp3) is 0.471. The molecule has 2 N–H and O–H groups in total. The van der Waals surface area contributed by atoms with Crippen LogP contribution < -0.4 is 17.0 Å². The van der Waals surface area contributed by atoms with Gasteiger partial charge in [0.05, 0.1) is 5.69 Å². The number of primary amides is 1. The summed E-state index contributed by atoms with van der Waals surface area (Å²) in [4.78, 5) is 41.4. The minimum Gasteiger partial charge on any atom is -0.368 e. The first-order valence-electron chi connectivity index (χ1n) is 8.63. The molecule has 144 valence electrons. The summed E-state index contributed by atoms with van der Waals surface area (Å²) >= 11 is 0. The highest BCUT2D eigenvalue weighted by Gasteiger charge is 2.23. The largest absolute Gasteiger partial charge is 0.368 e. The van der Waals surface area contributed by atoms with Crippen LogP contribution in [-0.2, 0) is 24.9 Å². The fourth-order valence-electron chi connectivity index (χ4n) is 3.19. The minimum absolute atomic E-state index is 0.208. The maximum atomic E-state index is 13.0. The number of hydrogen-bond acceptors (Lipinski definition) is 5. The van der Waals surface area contributed by atoms with Crippen molar-refractivity contribution in [3.05, 3.63) is 38.3 Å². The highest BCUT2D eigenvalue weighted by molar-refractivity contribution is 5.75. The number of hydrogen-bond donors (Lipinski definition) is 1. The van der Waals surface area contributed by atoms with Crippen LogP contribution in [0.25, 0.3) is 17.1 Å². The number of rotatable bonds is 5. The van der Waals surface area contributed by atoms with Gasteiger partial charge in [-0.15, -0.1) is 0 Å². The zero-order valence-corrected chi connectivity index (χ0v) is 16.1. The maximum Gasteiger partial charge on any atom is 0.332 e. The number of aromatic nitrogens is 6. The Morgan fingerprint density at radius 2 is 1.89 bits per heavy atom. The number of amides is 1. The molecule has 0 atom stereocenters. The van der Waals surface area contributed by atoms with Crippen LogP contribution in [0.4, 0.5) is 0 Å². The van der Waals surface area contributed by atoms with Gasteiger partial charge in [0.25, 0.3) is 5.56 Å². The minimum atomic E-state index is -0.762. The van der Waals surface area contributed by atoms with Crippen LogP contribution in [0.1, 0.15) is 25.2 Å². The van der Waals surface area contributed by atoms with E-state index in [1.54, 1.807) is 9.25 Å². The average molecular weight is 373 g/mol. The van der Waals surface area contributed by atoms with Gasteiger partial charge in [-0.1, -0.05) is 13.8 Å². The van der Waals surface area contributed by atoms with Gasteiger partial charge >= 0.3 is 5.69 Å². The topological polar surface area (TPSA) is 123 Å². The number of carbonyl (C=O) groups excluding carboxylic acids is 1. The second-order valence-corrected chi connectivity index (χ2v) is 7.13. The second-order valence-electron chi connectivity index (χ2n) is 7.13. The van der Waals surface area contributed by atoms with E-state index < -0.39 is 23.7 Å². The molecule has 0 bridgehead atoms. The van der Waals surface area contributed by atoms with Gasteiger partial charge in [-0.3, -0.25) is 14.2 Å². The van der Waals surface area contributed by atoms with Gasteiger partial charge in [-0.05, 0) is 25.8 Å². The van der Waals surface area contributed by atoms with Gasteiger partial charge in [0, 0.05) is 19.3 Å². The number of nitrogens with zero attached hydrogens (tertiary/aromatic N) is 6. The van der Waals surface area contributed by atoms with E-state index in [0.717, 1.165) is 16.0 Å². The lowest BCUT2D eigenvalue weighted by Gasteiger charge is -2.12. The van der Waals surface area contributed by atoms with Crippen molar-refractivity contribution in [3.8, 4) is 5.95 Å². The first-order chi connectivity index (χ1) is 12.6. The zero-order valence-electron chi connectivity index (χ0n) is 16.1. The first-order valence-corrected chi connectivity index (χ1v) is 8.63. The van der Waals surface area contributed by atoms with Gasteiger partial charge in [0.15, 0.2) is 11.2 Å². The van der Waals surface area contributed by atoms with Gasteiger partial charge in [0.1, 0.15) is 6.54 Å².